The maximum Gasteiger partial charge on any atom is 0.244 e. The van der Waals surface area contributed by atoms with Crippen LogP contribution in [0.5, 0.6) is 0 Å². The Hall–Kier alpha value is -1.55. The van der Waals surface area contributed by atoms with Gasteiger partial charge in [-0.15, -0.1) is 0 Å². The zero-order valence-corrected chi connectivity index (χ0v) is 12.5. The normalized spacial score (nSPS) is 15.4. The molecule has 1 aromatic rings. The molecule has 1 aliphatic heterocycles. The Morgan fingerprint density at radius 3 is 2.55 bits per heavy atom. The molecule has 20 heavy (non-hydrogen) atoms. The Balaban J connectivity index is 2.09. The molecule has 3 N–H and O–H groups in total. The van der Waals surface area contributed by atoms with Gasteiger partial charge in [0.1, 0.15) is 0 Å². The summed E-state index contributed by atoms with van der Waals surface area (Å²) >= 11 is 0. The summed E-state index contributed by atoms with van der Waals surface area (Å²) in [4.78, 5) is 14.6. The Morgan fingerprint density at radius 2 is 1.95 bits per heavy atom. The van der Waals surface area contributed by atoms with E-state index < -0.39 is 5.54 Å². The van der Waals surface area contributed by atoms with Crippen molar-refractivity contribution < 1.29 is 4.79 Å². The first-order valence-corrected chi connectivity index (χ1v) is 7.54. The van der Waals surface area contributed by atoms with Crippen LogP contribution in [-0.4, -0.2) is 24.5 Å². The predicted molar refractivity (Wildman–Crippen MR) is 84.0 cm³/mol. The first kappa shape index (κ1) is 14.9. The van der Waals surface area contributed by atoms with E-state index in [2.05, 4.69) is 16.3 Å². The van der Waals surface area contributed by atoms with E-state index in [9.17, 15) is 4.79 Å². The molecule has 4 nitrogen and oxygen atoms in total. The second kappa shape index (κ2) is 6.27. The highest BCUT2D eigenvalue weighted by Crippen LogP contribution is 2.24. The molecule has 1 heterocycles. The predicted octanol–water partition coefficient (Wildman–Crippen LogP) is 2.74. The molecule has 0 spiro atoms. The Kier molecular flexibility index (Phi) is 4.65. The summed E-state index contributed by atoms with van der Waals surface area (Å²) in [5.74, 6) is -0.0962. The maximum absolute atomic E-state index is 12.3. The quantitative estimate of drug-likeness (QED) is 0.868. The van der Waals surface area contributed by atoms with Crippen LogP contribution in [0.4, 0.5) is 11.4 Å². The van der Waals surface area contributed by atoms with Gasteiger partial charge in [0.05, 0.1) is 5.54 Å². The molecular formula is C16H25N3O. The number of nitrogens with zero attached hydrogens (tertiary/aromatic N) is 1. The molecule has 0 aliphatic carbocycles. The number of hydrogen-bond donors (Lipinski definition) is 2. The molecule has 110 valence electrons. The van der Waals surface area contributed by atoms with Crippen molar-refractivity contribution in [3.63, 3.8) is 0 Å². The number of nitrogens with one attached hydrogen (secondary N) is 1. The fourth-order valence-corrected chi connectivity index (χ4v) is 2.58. The van der Waals surface area contributed by atoms with Crippen LogP contribution in [0.1, 0.15) is 39.5 Å². The minimum atomic E-state index is -0.774. The lowest BCUT2D eigenvalue weighted by Crippen LogP contribution is -2.50. The molecule has 1 saturated heterocycles. The number of amides is 1. The smallest absolute Gasteiger partial charge is 0.244 e. The van der Waals surface area contributed by atoms with Gasteiger partial charge in [0, 0.05) is 24.5 Å². The molecule has 1 aromatic carbocycles. The standard InChI is InChI=1S/C16H25N3O/c1-3-16(17,4-2)15(20)18-13-8-7-9-14(12-13)19-10-5-6-11-19/h7-9,12H,3-6,10-11,17H2,1-2H3,(H,18,20). The Labute approximate surface area is 121 Å². The summed E-state index contributed by atoms with van der Waals surface area (Å²) in [5.41, 5.74) is 7.36. The van der Waals surface area contributed by atoms with E-state index >= 15 is 0 Å². The second-order valence-electron chi connectivity index (χ2n) is 5.56. The van der Waals surface area contributed by atoms with E-state index in [1.54, 1.807) is 0 Å². The van der Waals surface area contributed by atoms with Crippen molar-refractivity contribution in [3.05, 3.63) is 24.3 Å². The van der Waals surface area contributed by atoms with Crippen LogP contribution in [0.15, 0.2) is 24.3 Å². The summed E-state index contributed by atoms with van der Waals surface area (Å²) in [6, 6.07) is 8.04. The third-order valence-electron chi connectivity index (χ3n) is 4.29. The molecule has 0 atom stereocenters. The van der Waals surface area contributed by atoms with Gasteiger partial charge < -0.3 is 16.0 Å². The van der Waals surface area contributed by atoms with E-state index in [0.29, 0.717) is 12.8 Å². The van der Waals surface area contributed by atoms with Crippen molar-refractivity contribution in [2.45, 2.75) is 45.1 Å². The molecule has 0 aromatic heterocycles. The molecule has 0 radical (unpaired) electrons. The van der Waals surface area contributed by atoms with Gasteiger partial charge in [-0.05, 0) is 43.9 Å². The highest BCUT2D eigenvalue weighted by atomic mass is 16.2. The first-order valence-electron chi connectivity index (χ1n) is 7.54. The van der Waals surface area contributed by atoms with Crippen LogP contribution in [0.3, 0.4) is 0 Å². The van der Waals surface area contributed by atoms with Crippen LogP contribution >= 0.6 is 0 Å². The zero-order chi connectivity index (χ0) is 14.6. The molecular weight excluding hydrogens is 250 g/mol. The molecule has 1 aliphatic rings. The van der Waals surface area contributed by atoms with Crippen molar-refractivity contribution in [2.75, 3.05) is 23.3 Å². The van der Waals surface area contributed by atoms with E-state index in [-0.39, 0.29) is 5.91 Å². The second-order valence-corrected chi connectivity index (χ2v) is 5.56. The lowest BCUT2D eigenvalue weighted by Gasteiger charge is -2.25. The van der Waals surface area contributed by atoms with Crippen molar-refractivity contribution in [1.29, 1.82) is 0 Å². The van der Waals surface area contributed by atoms with Gasteiger partial charge in [-0.1, -0.05) is 19.9 Å². The van der Waals surface area contributed by atoms with E-state index in [1.165, 1.54) is 18.5 Å². The topological polar surface area (TPSA) is 58.4 Å². The van der Waals surface area contributed by atoms with Crippen LogP contribution in [0, 0.1) is 0 Å². The zero-order valence-electron chi connectivity index (χ0n) is 12.5. The van der Waals surface area contributed by atoms with Crippen molar-refractivity contribution in [3.8, 4) is 0 Å². The summed E-state index contributed by atoms with van der Waals surface area (Å²) in [6.07, 6.45) is 3.77. The minimum Gasteiger partial charge on any atom is -0.371 e. The van der Waals surface area contributed by atoms with Gasteiger partial charge >= 0.3 is 0 Å². The highest BCUT2D eigenvalue weighted by molar-refractivity contribution is 5.98. The third-order valence-corrected chi connectivity index (χ3v) is 4.29. The Bertz CT molecular complexity index is 463. The van der Waals surface area contributed by atoms with Crippen LogP contribution in [0.25, 0.3) is 0 Å². The van der Waals surface area contributed by atoms with Gasteiger partial charge in [-0.3, -0.25) is 4.79 Å². The number of nitrogens with two attached hydrogens (primary N) is 1. The maximum atomic E-state index is 12.3. The summed E-state index contributed by atoms with van der Waals surface area (Å²) < 4.78 is 0. The average molecular weight is 275 g/mol. The summed E-state index contributed by atoms with van der Waals surface area (Å²) in [5, 5.41) is 2.96. The fourth-order valence-electron chi connectivity index (χ4n) is 2.58. The van der Waals surface area contributed by atoms with E-state index in [0.717, 1.165) is 18.8 Å². The third kappa shape index (κ3) is 3.12. The molecule has 0 unspecified atom stereocenters. The Morgan fingerprint density at radius 1 is 1.30 bits per heavy atom. The largest absolute Gasteiger partial charge is 0.371 e. The molecule has 2 rings (SSSR count). The highest BCUT2D eigenvalue weighted by Gasteiger charge is 2.29. The average Bonchev–Trinajstić information content (AvgIpc) is 3.01. The minimum absolute atomic E-state index is 0.0962. The lowest BCUT2D eigenvalue weighted by atomic mass is 9.93. The van der Waals surface area contributed by atoms with Gasteiger partial charge in [-0.2, -0.15) is 0 Å². The number of benzene rings is 1. The summed E-state index contributed by atoms with van der Waals surface area (Å²) in [6.45, 7) is 6.10. The number of carbonyl (C=O) groups excluding carboxylic acids is 1. The van der Waals surface area contributed by atoms with Gasteiger partial charge in [0.25, 0.3) is 0 Å². The van der Waals surface area contributed by atoms with Crippen molar-refractivity contribution >= 4 is 17.3 Å². The number of carbonyl (C=O) groups is 1. The van der Waals surface area contributed by atoms with Crippen LogP contribution in [0.2, 0.25) is 0 Å². The fraction of sp³-hybridized carbons (Fsp3) is 0.562. The molecule has 1 fully saturated rings. The number of hydrogen-bond acceptors (Lipinski definition) is 3. The molecule has 1 amide bonds. The first-order chi connectivity index (χ1) is 9.59. The SMILES string of the molecule is CCC(N)(CC)C(=O)Nc1cccc(N2CCCC2)c1. The molecule has 0 saturated carbocycles. The van der Waals surface area contributed by atoms with E-state index in [1.807, 2.05) is 32.0 Å². The number of rotatable bonds is 5. The number of anilines is 2. The van der Waals surface area contributed by atoms with E-state index in [4.69, 9.17) is 5.73 Å². The summed E-state index contributed by atoms with van der Waals surface area (Å²) in [7, 11) is 0. The van der Waals surface area contributed by atoms with Gasteiger partial charge in [0.15, 0.2) is 0 Å². The lowest BCUT2D eigenvalue weighted by molar-refractivity contribution is -0.121. The van der Waals surface area contributed by atoms with Crippen LogP contribution < -0.4 is 16.0 Å². The molecule has 0 bridgehead atoms. The van der Waals surface area contributed by atoms with Crippen molar-refractivity contribution in [1.82, 2.24) is 0 Å². The van der Waals surface area contributed by atoms with Gasteiger partial charge in [-0.25, -0.2) is 0 Å². The van der Waals surface area contributed by atoms with Crippen molar-refractivity contribution in [2.24, 2.45) is 5.73 Å². The van der Waals surface area contributed by atoms with Gasteiger partial charge in [0.2, 0.25) is 5.91 Å². The monoisotopic (exact) mass is 275 g/mol. The molecule has 4 heteroatoms. The van der Waals surface area contributed by atoms with Crippen LogP contribution in [-0.2, 0) is 4.79 Å².